The standard InChI is InChI=1S/C15H12FN5O2S3/c16-8-1-3-9(4-2-8)18-14-20-21-15(26-14)25-7-11(22)19-13-10(12(17)23)5-6-24-13/h1-6H,7H2,(H2,17,23)(H,18,20)(H,19,22). The first-order valence-corrected chi connectivity index (χ1v) is 9.85. The zero-order chi connectivity index (χ0) is 18.5. The van der Waals surface area contributed by atoms with Crippen molar-refractivity contribution in [3.63, 3.8) is 0 Å². The Morgan fingerprint density at radius 1 is 1.19 bits per heavy atom. The van der Waals surface area contributed by atoms with Crippen LogP contribution < -0.4 is 16.4 Å². The number of thiophene rings is 1. The lowest BCUT2D eigenvalue weighted by Gasteiger charge is -2.03. The summed E-state index contributed by atoms with van der Waals surface area (Å²) in [6, 6.07) is 7.43. The number of anilines is 3. The van der Waals surface area contributed by atoms with Crippen LogP contribution in [0.25, 0.3) is 0 Å². The van der Waals surface area contributed by atoms with Crippen molar-refractivity contribution in [2.75, 3.05) is 16.4 Å². The number of hydrogen-bond acceptors (Lipinski definition) is 8. The summed E-state index contributed by atoms with van der Waals surface area (Å²) in [6.45, 7) is 0. The Morgan fingerprint density at radius 2 is 1.96 bits per heavy atom. The van der Waals surface area contributed by atoms with Gasteiger partial charge in [0, 0.05) is 5.69 Å². The maximum Gasteiger partial charge on any atom is 0.251 e. The van der Waals surface area contributed by atoms with E-state index in [1.54, 1.807) is 23.6 Å². The predicted octanol–water partition coefficient (Wildman–Crippen LogP) is 3.31. The first-order valence-electron chi connectivity index (χ1n) is 7.17. The Balaban J connectivity index is 1.52. The van der Waals surface area contributed by atoms with Crippen molar-refractivity contribution in [1.82, 2.24) is 10.2 Å². The Morgan fingerprint density at radius 3 is 2.69 bits per heavy atom. The van der Waals surface area contributed by atoms with E-state index in [4.69, 9.17) is 5.73 Å². The molecule has 0 atom stereocenters. The van der Waals surface area contributed by atoms with Crippen LogP contribution in [0, 0.1) is 5.82 Å². The fraction of sp³-hybridized carbons (Fsp3) is 0.0667. The number of primary amides is 1. The van der Waals surface area contributed by atoms with Crippen molar-refractivity contribution in [1.29, 1.82) is 0 Å². The smallest absolute Gasteiger partial charge is 0.251 e. The van der Waals surface area contributed by atoms with Gasteiger partial charge in [0.1, 0.15) is 10.8 Å². The van der Waals surface area contributed by atoms with E-state index < -0.39 is 5.91 Å². The number of rotatable bonds is 7. The minimum Gasteiger partial charge on any atom is -0.366 e. The van der Waals surface area contributed by atoms with Crippen LogP contribution in [0.15, 0.2) is 40.1 Å². The largest absolute Gasteiger partial charge is 0.366 e. The molecule has 1 aromatic carbocycles. The molecule has 2 heterocycles. The van der Waals surface area contributed by atoms with Crippen molar-refractivity contribution in [2.24, 2.45) is 5.73 Å². The van der Waals surface area contributed by atoms with Gasteiger partial charge in [-0.1, -0.05) is 23.1 Å². The van der Waals surface area contributed by atoms with Crippen molar-refractivity contribution in [3.8, 4) is 0 Å². The Hall–Kier alpha value is -2.50. The lowest BCUT2D eigenvalue weighted by atomic mass is 10.3. The Kier molecular flexibility index (Phi) is 5.81. The highest BCUT2D eigenvalue weighted by Gasteiger charge is 2.14. The third kappa shape index (κ3) is 4.77. The van der Waals surface area contributed by atoms with E-state index in [0.717, 1.165) is 0 Å². The molecular formula is C15H12FN5O2S3. The highest BCUT2D eigenvalue weighted by molar-refractivity contribution is 8.01. The molecule has 2 aromatic heterocycles. The van der Waals surface area contributed by atoms with Crippen LogP contribution in [0.2, 0.25) is 0 Å². The monoisotopic (exact) mass is 409 g/mol. The van der Waals surface area contributed by atoms with Gasteiger partial charge in [-0.15, -0.1) is 21.5 Å². The highest BCUT2D eigenvalue weighted by atomic mass is 32.2. The lowest BCUT2D eigenvalue weighted by molar-refractivity contribution is -0.113. The van der Waals surface area contributed by atoms with Crippen LogP contribution in [-0.4, -0.2) is 27.8 Å². The lowest BCUT2D eigenvalue weighted by Crippen LogP contribution is -2.17. The van der Waals surface area contributed by atoms with Crippen LogP contribution in [0.5, 0.6) is 0 Å². The van der Waals surface area contributed by atoms with E-state index in [-0.39, 0.29) is 23.0 Å². The molecule has 0 saturated heterocycles. The van der Waals surface area contributed by atoms with Gasteiger partial charge < -0.3 is 16.4 Å². The van der Waals surface area contributed by atoms with E-state index in [1.807, 2.05) is 0 Å². The summed E-state index contributed by atoms with van der Waals surface area (Å²) in [5, 5.41) is 16.3. The van der Waals surface area contributed by atoms with Crippen LogP contribution in [0.1, 0.15) is 10.4 Å². The van der Waals surface area contributed by atoms with E-state index in [1.165, 1.54) is 46.6 Å². The number of nitrogens with two attached hydrogens (primary N) is 1. The van der Waals surface area contributed by atoms with Crippen LogP contribution in [0.4, 0.5) is 20.2 Å². The summed E-state index contributed by atoms with van der Waals surface area (Å²) in [5.74, 6) is -1.07. The average Bonchev–Trinajstić information content (AvgIpc) is 3.24. The molecule has 0 aliphatic heterocycles. The second-order valence-corrected chi connectivity index (χ2v) is 7.99. The zero-order valence-electron chi connectivity index (χ0n) is 13.1. The topological polar surface area (TPSA) is 110 Å². The van der Waals surface area contributed by atoms with Crippen molar-refractivity contribution in [2.45, 2.75) is 4.34 Å². The van der Waals surface area contributed by atoms with Gasteiger partial charge >= 0.3 is 0 Å². The third-order valence-electron chi connectivity index (χ3n) is 3.01. The molecule has 26 heavy (non-hydrogen) atoms. The second-order valence-electron chi connectivity index (χ2n) is 4.87. The fourth-order valence-corrected chi connectivity index (χ4v) is 4.25. The molecule has 0 bridgehead atoms. The number of amides is 2. The van der Waals surface area contributed by atoms with Gasteiger partial charge in [-0.25, -0.2) is 4.39 Å². The molecular weight excluding hydrogens is 397 g/mol. The predicted molar refractivity (Wildman–Crippen MR) is 102 cm³/mol. The molecule has 0 saturated carbocycles. The molecule has 0 spiro atoms. The van der Waals surface area contributed by atoms with Gasteiger partial charge in [-0.2, -0.15) is 0 Å². The third-order valence-corrected chi connectivity index (χ3v) is 5.81. The van der Waals surface area contributed by atoms with Crippen molar-refractivity contribution in [3.05, 3.63) is 47.1 Å². The number of hydrogen-bond donors (Lipinski definition) is 3. The number of aromatic nitrogens is 2. The SMILES string of the molecule is NC(=O)c1ccsc1NC(=O)CSc1nnc(Nc2ccc(F)cc2)s1. The molecule has 134 valence electrons. The van der Waals surface area contributed by atoms with Gasteiger partial charge in [0.25, 0.3) is 5.91 Å². The number of halogens is 1. The molecule has 3 aromatic rings. The van der Waals surface area contributed by atoms with Crippen LogP contribution in [0.3, 0.4) is 0 Å². The van der Waals surface area contributed by atoms with Gasteiger partial charge in [0.15, 0.2) is 4.34 Å². The zero-order valence-corrected chi connectivity index (χ0v) is 15.5. The number of benzene rings is 1. The normalized spacial score (nSPS) is 10.5. The van der Waals surface area contributed by atoms with Gasteiger partial charge in [-0.3, -0.25) is 9.59 Å². The summed E-state index contributed by atoms with van der Waals surface area (Å²) in [5.41, 5.74) is 6.22. The number of carbonyl (C=O) groups is 2. The van der Waals surface area contributed by atoms with Gasteiger partial charge in [-0.05, 0) is 35.7 Å². The summed E-state index contributed by atoms with van der Waals surface area (Å²) < 4.78 is 13.5. The van der Waals surface area contributed by atoms with Crippen LogP contribution >= 0.6 is 34.4 Å². The molecule has 2 amide bonds. The average molecular weight is 409 g/mol. The summed E-state index contributed by atoms with van der Waals surface area (Å²) in [7, 11) is 0. The summed E-state index contributed by atoms with van der Waals surface area (Å²) in [4.78, 5) is 23.3. The number of nitrogens with one attached hydrogen (secondary N) is 2. The Bertz CT molecular complexity index is 926. The van der Waals surface area contributed by atoms with Gasteiger partial charge in [0.05, 0.1) is 11.3 Å². The molecule has 0 aliphatic carbocycles. The molecule has 4 N–H and O–H groups in total. The van der Waals surface area contributed by atoms with E-state index in [9.17, 15) is 14.0 Å². The summed E-state index contributed by atoms with van der Waals surface area (Å²) in [6.07, 6.45) is 0. The van der Waals surface area contributed by atoms with E-state index in [2.05, 4.69) is 20.8 Å². The molecule has 3 rings (SSSR count). The molecule has 0 fully saturated rings. The van der Waals surface area contributed by atoms with Crippen LogP contribution in [-0.2, 0) is 4.79 Å². The summed E-state index contributed by atoms with van der Waals surface area (Å²) >= 11 is 3.72. The minimum atomic E-state index is -0.588. The second kappa shape index (κ2) is 8.25. The highest BCUT2D eigenvalue weighted by Crippen LogP contribution is 2.28. The first kappa shape index (κ1) is 18.3. The van der Waals surface area contributed by atoms with E-state index in [0.29, 0.717) is 20.2 Å². The van der Waals surface area contributed by atoms with E-state index >= 15 is 0 Å². The maximum absolute atomic E-state index is 12.9. The molecule has 11 heteroatoms. The Labute approximate surface area is 159 Å². The molecule has 0 radical (unpaired) electrons. The number of thioether (sulfide) groups is 1. The first-order chi connectivity index (χ1) is 12.5. The maximum atomic E-state index is 12.9. The van der Waals surface area contributed by atoms with Gasteiger partial charge in [0.2, 0.25) is 11.0 Å². The molecule has 7 nitrogen and oxygen atoms in total. The quantitative estimate of drug-likeness (QED) is 0.517. The minimum absolute atomic E-state index is 0.112. The number of carbonyl (C=O) groups excluding carboxylic acids is 2. The number of nitrogens with zero attached hydrogens (tertiary/aromatic N) is 2. The molecule has 0 aliphatic rings. The molecule has 0 unspecified atom stereocenters. The fourth-order valence-electron chi connectivity index (χ4n) is 1.87. The van der Waals surface area contributed by atoms with Crippen molar-refractivity contribution < 1.29 is 14.0 Å². The van der Waals surface area contributed by atoms with Crippen molar-refractivity contribution >= 4 is 62.1 Å².